The fourth-order valence-corrected chi connectivity index (χ4v) is 4.42. The van der Waals surface area contributed by atoms with Gasteiger partial charge in [0.2, 0.25) is 0 Å². The molecule has 3 rings (SSSR count). The average Bonchev–Trinajstić information content (AvgIpc) is 3.10. The highest BCUT2D eigenvalue weighted by molar-refractivity contribution is 9.11. The molecule has 1 amide bonds. The number of rotatable bonds is 3. The normalized spacial score (nSPS) is 20.2. The molecule has 0 saturated carbocycles. The van der Waals surface area contributed by atoms with Gasteiger partial charge in [0.25, 0.3) is 5.91 Å². The van der Waals surface area contributed by atoms with Crippen molar-refractivity contribution < 1.29 is 9.53 Å². The van der Waals surface area contributed by atoms with Crippen molar-refractivity contribution in [3.05, 3.63) is 50.6 Å². The summed E-state index contributed by atoms with van der Waals surface area (Å²) in [4.78, 5) is 15.2. The molecule has 0 radical (unpaired) electrons. The van der Waals surface area contributed by atoms with E-state index in [0.717, 1.165) is 3.79 Å². The van der Waals surface area contributed by atoms with E-state index in [2.05, 4.69) is 28.1 Å². The minimum atomic E-state index is -0.0309. The van der Waals surface area contributed by atoms with Crippen LogP contribution < -0.4 is 10.5 Å². The van der Waals surface area contributed by atoms with Crippen LogP contribution in [0.1, 0.15) is 21.2 Å². The van der Waals surface area contributed by atoms with Crippen LogP contribution in [-0.2, 0) is 0 Å². The van der Waals surface area contributed by atoms with E-state index in [1.165, 1.54) is 16.9 Å². The van der Waals surface area contributed by atoms with Gasteiger partial charge >= 0.3 is 0 Å². The summed E-state index contributed by atoms with van der Waals surface area (Å²) in [7, 11) is 1.60. The summed E-state index contributed by atoms with van der Waals surface area (Å²) in [5, 5.41) is 0. The molecule has 2 aromatic rings. The minimum Gasteiger partial charge on any atom is -0.495 e. The molecule has 1 fully saturated rings. The molecular weight excluding hydrogens is 400 g/mol. The van der Waals surface area contributed by atoms with Gasteiger partial charge in [-0.1, -0.05) is 30.3 Å². The Labute approximate surface area is 154 Å². The maximum Gasteiger partial charge on any atom is 0.264 e. The predicted octanol–water partition coefficient (Wildman–Crippen LogP) is 3.51. The number of carbonyl (C=O) groups is 1. The van der Waals surface area contributed by atoms with Crippen LogP contribution in [0.3, 0.4) is 0 Å². The molecule has 1 aliphatic heterocycles. The number of amides is 1. The molecule has 2 heterocycles. The first-order chi connectivity index (χ1) is 10.6. The summed E-state index contributed by atoms with van der Waals surface area (Å²) < 4.78 is 6.05. The maximum absolute atomic E-state index is 12.7. The molecule has 4 nitrogen and oxygen atoms in total. The summed E-state index contributed by atoms with van der Waals surface area (Å²) in [5.74, 6) is 0.898. The SMILES string of the molecule is COc1cc(C(=O)N2C[C@@H](N)[C@H](c3ccccc3)C2)sc1Br.Cl. The van der Waals surface area contributed by atoms with Crippen molar-refractivity contribution in [2.45, 2.75) is 12.0 Å². The molecule has 7 heteroatoms. The van der Waals surface area contributed by atoms with E-state index in [1.54, 1.807) is 13.2 Å². The zero-order chi connectivity index (χ0) is 15.7. The third-order valence-corrected chi connectivity index (χ3v) is 5.74. The first kappa shape index (κ1) is 18.3. The molecule has 1 saturated heterocycles. The Hall–Kier alpha value is -1.08. The average molecular weight is 418 g/mol. The van der Waals surface area contributed by atoms with Crippen LogP contribution in [-0.4, -0.2) is 37.0 Å². The van der Waals surface area contributed by atoms with Gasteiger partial charge in [-0.3, -0.25) is 4.79 Å². The number of likely N-dealkylation sites (tertiary alicyclic amines) is 1. The van der Waals surface area contributed by atoms with E-state index in [1.807, 2.05) is 23.1 Å². The van der Waals surface area contributed by atoms with Crippen molar-refractivity contribution in [1.82, 2.24) is 4.90 Å². The number of hydrogen-bond donors (Lipinski definition) is 1. The van der Waals surface area contributed by atoms with Crippen molar-refractivity contribution >= 4 is 45.6 Å². The monoisotopic (exact) mass is 416 g/mol. The summed E-state index contributed by atoms with van der Waals surface area (Å²) in [6, 6.07) is 11.9. The number of nitrogens with zero attached hydrogens (tertiary/aromatic N) is 1. The molecule has 0 spiro atoms. The van der Waals surface area contributed by atoms with Gasteiger partial charge in [0, 0.05) is 31.1 Å². The second kappa shape index (κ2) is 7.66. The summed E-state index contributed by atoms with van der Waals surface area (Å²) >= 11 is 4.80. The number of methoxy groups -OCH3 is 1. The van der Waals surface area contributed by atoms with Gasteiger partial charge in [-0.15, -0.1) is 23.7 Å². The smallest absolute Gasteiger partial charge is 0.264 e. The number of halogens is 2. The molecule has 2 atom stereocenters. The van der Waals surface area contributed by atoms with E-state index >= 15 is 0 Å². The Balaban J connectivity index is 0.00000192. The van der Waals surface area contributed by atoms with Gasteiger partial charge in [0.05, 0.1) is 12.0 Å². The Kier molecular flexibility index (Phi) is 6.08. The molecule has 1 aliphatic rings. The van der Waals surface area contributed by atoms with E-state index in [4.69, 9.17) is 10.5 Å². The molecule has 1 aromatic carbocycles. The molecule has 23 heavy (non-hydrogen) atoms. The van der Waals surface area contributed by atoms with Crippen LogP contribution in [0.15, 0.2) is 40.2 Å². The van der Waals surface area contributed by atoms with Gasteiger partial charge in [-0.25, -0.2) is 0 Å². The van der Waals surface area contributed by atoms with Crippen molar-refractivity contribution in [3.8, 4) is 5.75 Å². The third-order valence-electron chi connectivity index (χ3n) is 3.97. The molecule has 2 N–H and O–H groups in total. The van der Waals surface area contributed by atoms with Crippen molar-refractivity contribution in [1.29, 1.82) is 0 Å². The fraction of sp³-hybridized carbons (Fsp3) is 0.312. The molecule has 0 aliphatic carbocycles. The number of ether oxygens (including phenoxy) is 1. The number of nitrogens with two attached hydrogens (primary N) is 1. The predicted molar refractivity (Wildman–Crippen MR) is 98.9 cm³/mol. The minimum absolute atomic E-state index is 0. The van der Waals surface area contributed by atoms with Crippen LogP contribution in [0, 0.1) is 0 Å². The standard InChI is InChI=1S/C16H17BrN2O2S.ClH/c1-21-13-7-14(22-15(13)17)16(20)19-8-11(12(18)9-19)10-5-3-2-4-6-10;/h2-7,11-12H,8-9,18H2,1H3;1H/t11-,12+;/m0./s1. The highest BCUT2D eigenvalue weighted by Crippen LogP contribution is 2.36. The summed E-state index contributed by atoms with van der Waals surface area (Å²) in [5.41, 5.74) is 7.44. The van der Waals surface area contributed by atoms with Crippen molar-refractivity contribution in [3.63, 3.8) is 0 Å². The lowest BCUT2D eigenvalue weighted by atomic mass is 9.95. The van der Waals surface area contributed by atoms with Crippen molar-refractivity contribution in [2.24, 2.45) is 5.73 Å². The number of hydrogen-bond acceptors (Lipinski definition) is 4. The zero-order valence-corrected chi connectivity index (χ0v) is 15.8. The fourth-order valence-electron chi connectivity index (χ4n) is 2.80. The number of thiophene rings is 1. The second-order valence-corrected chi connectivity index (χ2v) is 7.71. The van der Waals surface area contributed by atoms with E-state index in [-0.39, 0.29) is 30.3 Å². The van der Waals surface area contributed by atoms with Crippen LogP contribution in [0.5, 0.6) is 5.75 Å². The van der Waals surface area contributed by atoms with Gasteiger partial charge in [0.1, 0.15) is 9.54 Å². The molecule has 0 unspecified atom stereocenters. The maximum atomic E-state index is 12.7. The van der Waals surface area contributed by atoms with Crippen LogP contribution in [0.4, 0.5) is 0 Å². The molecule has 1 aromatic heterocycles. The second-order valence-electron chi connectivity index (χ2n) is 5.34. The molecular formula is C16H18BrClN2O2S. The summed E-state index contributed by atoms with van der Waals surface area (Å²) in [6.07, 6.45) is 0. The Bertz CT molecular complexity index is 680. The highest BCUT2D eigenvalue weighted by Gasteiger charge is 2.34. The summed E-state index contributed by atoms with van der Waals surface area (Å²) in [6.45, 7) is 1.23. The topological polar surface area (TPSA) is 55.6 Å². The third kappa shape index (κ3) is 3.71. The van der Waals surface area contributed by atoms with Gasteiger partial charge in [-0.2, -0.15) is 0 Å². The quantitative estimate of drug-likeness (QED) is 0.831. The Morgan fingerprint density at radius 1 is 1.35 bits per heavy atom. The first-order valence-electron chi connectivity index (χ1n) is 7.03. The van der Waals surface area contributed by atoms with E-state index in [0.29, 0.717) is 23.7 Å². The lowest BCUT2D eigenvalue weighted by Crippen LogP contribution is -2.31. The molecule has 124 valence electrons. The van der Waals surface area contributed by atoms with Crippen LogP contribution in [0.2, 0.25) is 0 Å². The van der Waals surface area contributed by atoms with E-state index in [9.17, 15) is 4.79 Å². The number of carbonyl (C=O) groups excluding carboxylic acids is 1. The highest BCUT2D eigenvalue weighted by atomic mass is 79.9. The van der Waals surface area contributed by atoms with Crippen LogP contribution in [0.25, 0.3) is 0 Å². The van der Waals surface area contributed by atoms with Gasteiger partial charge in [0.15, 0.2) is 0 Å². The van der Waals surface area contributed by atoms with Gasteiger partial charge in [-0.05, 0) is 21.5 Å². The Morgan fingerprint density at radius 2 is 2.04 bits per heavy atom. The van der Waals surface area contributed by atoms with Gasteiger partial charge < -0.3 is 15.4 Å². The number of benzene rings is 1. The molecule has 0 bridgehead atoms. The van der Waals surface area contributed by atoms with Crippen LogP contribution >= 0.6 is 39.7 Å². The largest absolute Gasteiger partial charge is 0.495 e. The Morgan fingerprint density at radius 3 is 2.65 bits per heavy atom. The lowest BCUT2D eigenvalue weighted by Gasteiger charge is -2.15. The first-order valence-corrected chi connectivity index (χ1v) is 8.64. The zero-order valence-electron chi connectivity index (χ0n) is 12.6. The lowest BCUT2D eigenvalue weighted by molar-refractivity contribution is 0.0793. The van der Waals surface area contributed by atoms with E-state index < -0.39 is 0 Å². The van der Waals surface area contributed by atoms with Crippen molar-refractivity contribution in [2.75, 3.05) is 20.2 Å².